The van der Waals surface area contributed by atoms with E-state index in [1.165, 1.54) is 43.5 Å². The van der Waals surface area contributed by atoms with Crippen molar-refractivity contribution in [1.29, 1.82) is 0 Å². The largest absolute Gasteiger partial charge is 0.389 e. The highest BCUT2D eigenvalue weighted by atomic mass is 14.9. The fourth-order valence-corrected chi connectivity index (χ4v) is 1.54. The molecule has 0 aromatic heterocycles. The van der Waals surface area contributed by atoms with Crippen LogP contribution in [0.4, 0.5) is 0 Å². The number of allylic oxidation sites excluding steroid dienone is 1. The van der Waals surface area contributed by atoms with Crippen molar-refractivity contribution < 1.29 is 0 Å². The lowest BCUT2D eigenvalue weighted by atomic mass is 10.1. The maximum Gasteiger partial charge on any atom is 0.0276 e. The van der Waals surface area contributed by atoms with Crippen LogP contribution in [0.25, 0.3) is 0 Å². The summed E-state index contributed by atoms with van der Waals surface area (Å²) in [6.45, 7) is 9.41. The maximum absolute atomic E-state index is 4.16. The van der Waals surface area contributed by atoms with Crippen molar-refractivity contribution in [2.45, 2.75) is 58.8 Å². The van der Waals surface area contributed by atoms with Crippen LogP contribution in [0.1, 0.15) is 58.8 Å². The van der Waals surface area contributed by atoms with Gasteiger partial charge in [-0.05, 0) is 39.0 Å². The molecule has 0 heterocycles. The number of unbranched alkanes of at least 4 members (excludes halogenated alkanes) is 3. The molecule has 0 rings (SSSR count). The molecule has 0 aromatic rings. The lowest BCUT2D eigenvalue weighted by Gasteiger charge is -2.08. The molecule has 94 valence electrons. The van der Waals surface area contributed by atoms with Crippen molar-refractivity contribution in [2.24, 2.45) is 4.99 Å². The van der Waals surface area contributed by atoms with Gasteiger partial charge in [0.1, 0.15) is 0 Å². The van der Waals surface area contributed by atoms with E-state index in [1.54, 1.807) is 0 Å². The van der Waals surface area contributed by atoms with Crippen LogP contribution in [0.2, 0.25) is 0 Å². The summed E-state index contributed by atoms with van der Waals surface area (Å²) in [5.41, 5.74) is 2.47. The molecular weight excluding hydrogens is 196 g/mol. The first-order valence-electron chi connectivity index (χ1n) is 6.54. The van der Waals surface area contributed by atoms with Gasteiger partial charge in [-0.15, -0.1) is 0 Å². The molecule has 0 unspecified atom stereocenters. The van der Waals surface area contributed by atoms with Gasteiger partial charge in [-0.25, -0.2) is 0 Å². The van der Waals surface area contributed by atoms with Crippen molar-refractivity contribution in [2.75, 3.05) is 13.6 Å². The van der Waals surface area contributed by atoms with Crippen molar-refractivity contribution >= 4 is 5.71 Å². The Morgan fingerprint density at radius 2 is 1.88 bits per heavy atom. The van der Waals surface area contributed by atoms with E-state index in [-0.39, 0.29) is 0 Å². The second-order valence-corrected chi connectivity index (χ2v) is 4.40. The van der Waals surface area contributed by atoms with E-state index in [0.717, 1.165) is 19.4 Å². The summed E-state index contributed by atoms with van der Waals surface area (Å²) in [4.78, 5) is 4.16. The van der Waals surface area contributed by atoms with Crippen molar-refractivity contribution in [1.82, 2.24) is 5.32 Å². The molecule has 0 amide bonds. The lowest BCUT2D eigenvalue weighted by molar-refractivity contribution is 0.632. The van der Waals surface area contributed by atoms with Crippen LogP contribution >= 0.6 is 0 Å². The Balaban J connectivity index is 3.23. The first kappa shape index (κ1) is 15.2. The molecule has 0 aliphatic heterocycles. The Morgan fingerprint density at radius 1 is 1.12 bits per heavy atom. The molecule has 1 N–H and O–H groups in total. The van der Waals surface area contributed by atoms with E-state index in [9.17, 15) is 0 Å². The van der Waals surface area contributed by atoms with E-state index < -0.39 is 0 Å². The Labute approximate surface area is 101 Å². The highest BCUT2D eigenvalue weighted by Gasteiger charge is 1.94. The van der Waals surface area contributed by atoms with Gasteiger partial charge >= 0.3 is 0 Å². The first-order valence-corrected chi connectivity index (χ1v) is 6.54. The topological polar surface area (TPSA) is 24.4 Å². The van der Waals surface area contributed by atoms with E-state index >= 15 is 0 Å². The quantitative estimate of drug-likeness (QED) is 0.441. The van der Waals surface area contributed by atoms with E-state index in [2.05, 4.69) is 30.7 Å². The second kappa shape index (κ2) is 10.7. The van der Waals surface area contributed by atoms with Crippen molar-refractivity contribution in [3.63, 3.8) is 0 Å². The third kappa shape index (κ3) is 9.75. The van der Waals surface area contributed by atoms with Crippen LogP contribution in [0.3, 0.4) is 0 Å². The zero-order valence-corrected chi connectivity index (χ0v) is 11.3. The molecule has 0 aliphatic carbocycles. The van der Waals surface area contributed by atoms with Gasteiger partial charge in [0, 0.05) is 25.0 Å². The second-order valence-electron chi connectivity index (χ2n) is 4.40. The van der Waals surface area contributed by atoms with Crippen LogP contribution in [-0.2, 0) is 0 Å². The highest BCUT2D eigenvalue weighted by molar-refractivity contribution is 5.81. The van der Waals surface area contributed by atoms with Gasteiger partial charge in [0.2, 0.25) is 0 Å². The summed E-state index contributed by atoms with van der Waals surface area (Å²) >= 11 is 0. The van der Waals surface area contributed by atoms with Gasteiger partial charge in [0.05, 0.1) is 0 Å². The monoisotopic (exact) mass is 224 g/mol. The van der Waals surface area contributed by atoms with Crippen LogP contribution < -0.4 is 5.32 Å². The molecule has 0 fully saturated rings. The zero-order valence-electron chi connectivity index (χ0n) is 11.3. The Kier molecular flexibility index (Phi) is 10.2. The van der Waals surface area contributed by atoms with Gasteiger partial charge < -0.3 is 5.32 Å². The summed E-state index contributed by atoms with van der Waals surface area (Å²) in [6, 6.07) is 0. The summed E-state index contributed by atoms with van der Waals surface area (Å²) < 4.78 is 0. The fraction of sp³-hybridized carbons (Fsp3) is 0.786. The van der Waals surface area contributed by atoms with Gasteiger partial charge in [-0.3, -0.25) is 4.99 Å². The number of aliphatic imine (C=N–C) groups is 1. The molecule has 0 bridgehead atoms. The average Bonchev–Trinajstić information content (AvgIpc) is 2.30. The lowest BCUT2D eigenvalue weighted by Crippen LogP contribution is -2.13. The highest BCUT2D eigenvalue weighted by Crippen LogP contribution is 2.03. The molecule has 0 aliphatic rings. The summed E-state index contributed by atoms with van der Waals surface area (Å²) in [5.74, 6) is 0. The molecule has 16 heavy (non-hydrogen) atoms. The van der Waals surface area contributed by atoms with Crippen LogP contribution in [0, 0.1) is 0 Å². The summed E-state index contributed by atoms with van der Waals surface area (Å²) in [6.07, 6.45) is 8.54. The number of rotatable bonds is 10. The molecule has 2 nitrogen and oxygen atoms in total. The summed E-state index contributed by atoms with van der Waals surface area (Å²) in [7, 11) is 1.87. The van der Waals surface area contributed by atoms with E-state index in [0.29, 0.717) is 0 Å². The average molecular weight is 224 g/mol. The molecule has 0 saturated heterocycles. The molecule has 0 radical (unpaired) electrons. The molecule has 2 heteroatoms. The normalized spacial score (nSPS) is 11.6. The third-order valence-corrected chi connectivity index (χ3v) is 2.80. The summed E-state index contributed by atoms with van der Waals surface area (Å²) in [5, 5.41) is 3.39. The Morgan fingerprint density at radius 3 is 2.50 bits per heavy atom. The van der Waals surface area contributed by atoms with Crippen LogP contribution in [-0.4, -0.2) is 19.3 Å². The number of hydrogen-bond donors (Lipinski definition) is 1. The molecule has 0 spiro atoms. The predicted molar refractivity (Wildman–Crippen MR) is 74.2 cm³/mol. The minimum absolute atomic E-state index is 1.07. The molecule has 0 atom stereocenters. The van der Waals surface area contributed by atoms with Gasteiger partial charge in [0.25, 0.3) is 0 Å². The number of nitrogens with one attached hydrogen (secondary N) is 1. The number of hydrogen-bond acceptors (Lipinski definition) is 2. The Bertz CT molecular complexity index is 207. The molecule has 0 aromatic carbocycles. The maximum atomic E-state index is 4.16. The minimum atomic E-state index is 1.07. The van der Waals surface area contributed by atoms with E-state index in [4.69, 9.17) is 0 Å². The van der Waals surface area contributed by atoms with E-state index in [1.807, 2.05) is 7.05 Å². The van der Waals surface area contributed by atoms with Gasteiger partial charge in [0.15, 0.2) is 0 Å². The Hall–Kier alpha value is -0.790. The third-order valence-electron chi connectivity index (χ3n) is 2.80. The SMILES string of the molecule is C=C(CCCC)NCCCCCC(C)=NC. The first-order chi connectivity index (χ1) is 7.70. The number of nitrogens with zero attached hydrogens (tertiary/aromatic N) is 1. The van der Waals surface area contributed by atoms with Crippen molar-refractivity contribution in [3.8, 4) is 0 Å². The predicted octanol–water partition coefficient (Wildman–Crippen LogP) is 3.93. The molecule has 0 saturated carbocycles. The zero-order chi connectivity index (χ0) is 12.2. The van der Waals surface area contributed by atoms with Crippen LogP contribution in [0.15, 0.2) is 17.3 Å². The minimum Gasteiger partial charge on any atom is -0.389 e. The van der Waals surface area contributed by atoms with Crippen molar-refractivity contribution in [3.05, 3.63) is 12.3 Å². The van der Waals surface area contributed by atoms with Crippen LogP contribution in [0.5, 0.6) is 0 Å². The standard InChI is InChI=1S/C14H28N2/c1-5-6-10-14(3)16-12-9-7-8-11-13(2)15-4/h16H,3,5-12H2,1-2,4H3. The fourth-order valence-electron chi connectivity index (χ4n) is 1.54. The molecular formula is C14H28N2. The smallest absolute Gasteiger partial charge is 0.0276 e. The van der Waals surface area contributed by atoms with Gasteiger partial charge in [-0.1, -0.05) is 26.3 Å². The van der Waals surface area contributed by atoms with Gasteiger partial charge in [-0.2, -0.15) is 0 Å².